The van der Waals surface area contributed by atoms with Gasteiger partial charge >= 0.3 is 0 Å². The van der Waals surface area contributed by atoms with Crippen molar-refractivity contribution in [2.24, 2.45) is 5.92 Å². The molecule has 0 unspecified atom stereocenters. The van der Waals surface area contributed by atoms with Gasteiger partial charge in [0.05, 0.1) is 5.56 Å². The van der Waals surface area contributed by atoms with Gasteiger partial charge in [0, 0.05) is 23.6 Å². The minimum atomic E-state index is 0.0308. The Kier molecular flexibility index (Phi) is 3.05. The molecule has 1 aromatic carbocycles. The summed E-state index contributed by atoms with van der Waals surface area (Å²) in [6.45, 7) is 0.787. The number of para-hydroxylation sites is 1. The highest BCUT2D eigenvalue weighted by Crippen LogP contribution is 2.33. The first kappa shape index (κ1) is 11.3. The van der Waals surface area contributed by atoms with Crippen LogP contribution in [-0.2, 0) is 0 Å². The quantitative estimate of drug-likeness (QED) is 0.777. The Bertz CT molecular complexity index is 554. The molecule has 1 heterocycles. The highest BCUT2D eigenvalue weighted by molar-refractivity contribution is 6.06. The molecule has 3 rings (SSSR count). The average molecular weight is 242 g/mol. The first-order valence-corrected chi connectivity index (χ1v) is 6.69. The molecule has 18 heavy (non-hydrogen) atoms. The maximum atomic E-state index is 12.0. The van der Waals surface area contributed by atoms with Crippen molar-refractivity contribution in [1.82, 2.24) is 10.3 Å². The molecule has 1 aliphatic carbocycles. The first-order chi connectivity index (χ1) is 8.84. The number of amides is 1. The van der Waals surface area contributed by atoms with E-state index in [0.717, 1.165) is 35.3 Å². The van der Waals surface area contributed by atoms with Gasteiger partial charge in [-0.2, -0.15) is 0 Å². The number of hydrogen-bond acceptors (Lipinski definition) is 1. The molecular weight excluding hydrogens is 224 g/mol. The van der Waals surface area contributed by atoms with E-state index in [1.54, 1.807) is 6.20 Å². The van der Waals surface area contributed by atoms with E-state index in [0.29, 0.717) is 0 Å². The number of nitrogens with one attached hydrogen (secondary N) is 2. The van der Waals surface area contributed by atoms with E-state index in [4.69, 9.17) is 0 Å². The maximum Gasteiger partial charge on any atom is 0.253 e. The number of fused-ring (bicyclic) bond motifs is 1. The summed E-state index contributed by atoms with van der Waals surface area (Å²) in [5.41, 5.74) is 1.76. The summed E-state index contributed by atoms with van der Waals surface area (Å²) < 4.78 is 0. The Balaban J connectivity index is 1.60. The van der Waals surface area contributed by atoms with Gasteiger partial charge in [-0.15, -0.1) is 0 Å². The molecule has 0 radical (unpaired) electrons. The van der Waals surface area contributed by atoms with Gasteiger partial charge in [0.2, 0.25) is 0 Å². The lowest BCUT2D eigenvalue weighted by Gasteiger charge is -2.03. The van der Waals surface area contributed by atoms with Gasteiger partial charge in [-0.3, -0.25) is 4.79 Å². The van der Waals surface area contributed by atoms with Crippen molar-refractivity contribution < 1.29 is 4.79 Å². The predicted octanol–water partition coefficient (Wildman–Crippen LogP) is 3.09. The topological polar surface area (TPSA) is 44.9 Å². The summed E-state index contributed by atoms with van der Waals surface area (Å²) in [5, 5.41) is 4.00. The molecule has 0 atom stereocenters. The summed E-state index contributed by atoms with van der Waals surface area (Å²) in [4.78, 5) is 15.2. The largest absolute Gasteiger partial charge is 0.360 e. The third-order valence-electron chi connectivity index (χ3n) is 3.61. The van der Waals surface area contributed by atoms with Crippen LogP contribution in [0.5, 0.6) is 0 Å². The van der Waals surface area contributed by atoms with Gasteiger partial charge in [0.15, 0.2) is 0 Å². The lowest BCUT2D eigenvalue weighted by atomic mass is 10.1. The SMILES string of the molecule is O=C(NCCCC1CC1)c1c[nH]c2ccccc12. The molecule has 2 N–H and O–H groups in total. The standard InChI is InChI=1S/C15H18N2O/c18-15(16-9-3-4-11-7-8-11)13-10-17-14-6-2-1-5-12(13)14/h1-2,5-6,10-11,17H,3-4,7-9H2,(H,16,18). The summed E-state index contributed by atoms with van der Waals surface area (Å²) in [6, 6.07) is 7.89. The zero-order chi connectivity index (χ0) is 12.4. The molecule has 94 valence electrons. The molecule has 0 bridgehead atoms. The first-order valence-electron chi connectivity index (χ1n) is 6.69. The second-order valence-electron chi connectivity index (χ2n) is 5.09. The minimum Gasteiger partial charge on any atom is -0.360 e. The molecule has 1 saturated carbocycles. The monoisotopic (exact) mass is 242 g/mol. The van der Waals surface area contributed by atoms with Gasteiger partial charge in [-0.1, -0.05) is 31.0 Å². The van der Waals surface area contributed by atoms with Gasteiger partial charge in [-0.25, -0.2) is 0 Å². The van der Waals surface area contributed by atoms with Gasteiger partial charge < -0.3 is 10.3 Å². The van der Waals surface area contributed by atoms with Crippen LogP contribution in [0, 0.1) is 5.92 Å². The second-order valence-corrected chi connectivity index (χ2v) is 5.09. The van der Waals surface area contributed by atoms with Crippen molar-refractivity contribution in [2.45, 2.75) is 25.7 Å². The molecule has 1 aromatic heterocycles. The molecule has 0 saturated heterocycles. The van der Waals surface area contributed by atoms with E-state index in [9.17, 15) is 4.79 Å². The Hall–Kier alpha value is -1.77. The average Bonchev–Trinajstić information content (AvgIpc) is 3.11. The van der Waals surface area contributed by atoms with Crippen molar-refractivity contribution >= 4 is 16.8 Å². The van der Waals surface area contributed by atoms with E-state index in [-0.39, 0.29) is 5.91 Å². The fourth-order valence-electron chi connectivity index (χ4n) is 2.35. The van der Waals surface area contributed by atoms with Crippen LogP contribution in [0.15, 0.2) is 30.5 Å². The molecule has 3 heteroatoms. The molecule has 1 aliphatic rings. The Morgan fingerprint density at radius 3 is 3.00 bits per heavy atom. The highest BCUT2D eigenvalue weighted by atomic mass is 16.1. The fourth-order valence-corrected chi connectivity index (χ4v) is 2.35. The van der Waals surface area contributed by atoms with Gasteiger partial charge in [0.25, 0.3) is 5.91 Å². The Labute approximate surface area is 107 Å². The molecular formula is C15H18N2O. The summed E-state index contributed by atoms with van der Waals surface area (Å²) >= 11 is 0. The van der Waals surface area contributed by atoms with Crippen molar-refractivity contribution in [3.05, 3.63) is 36.0 Å². The minimum absolute atomic E-state index is 0.0308. The van der Waals surface area contributed by atoms with E-state index in [2.05, 4.69) is 10.3 Å². The lowest BCUT2D eigenvalue weighted by Crippen LogP contribution is -2.24. The molecule has 2 aromatic rings. The normalized spacial score (nSPS) is 14.9. The Morgan fingerprint density at radius 1 is 1.33 bits per heavy atom. The number of hydrogen-bond donors (Lipinski definition) is 2. The van der Waals surface area contributed by atoms with Crippen molar-refractivity contribution in [3.8, 4) is 0 Å². The number of carbonyl (C=O) groups excluding carboxylic acids is 1. The van der Waals surface area contributed by atoms with E-state index < -0.39 is 0 Å². The molecule has 0 aliphatic heterocycles. The van der Waals surface area contributed by atoms with E-state index in [1.165, 1.54) is 19.3 Å². The molecule has 3 nitrogen and oxygen atoms in total. The van der Waals surface area contributed by atoms with Crippen LogP contribution in [0.25, 0.3) is 10.9 Å². The van der Waals surface area contributed by atoms with Crippen molar-refractivity contribution in [2.75, 3.05) is 6.54 Å². The maximum absolute atomic E-state index is 12.0. The highest BCUT2D eigenvalue weighted by Gasteiger charge is 2.20. The summed E-state index contributed by atoms with van der Waals surface area (Å²) in [5.74, 6) is 0.971. The zero-order valence-corrected chi connectivity index (χ0v) is 10.4. The third kappa shape index (κ3) is 2.40. The van der Waals surface area contributed by atoms with Crippen LogP contribution in [-0.4, -0.2) is 17.4 Å². The molecule has 0 spiro atoms. The van der Waals surface area contributed by atoms with Crippen LogP contribution in [0.2, 0.25) is 0 Å². The van der Waals surface area contributed by atoms with Gasteiger partial charge in [0.1, 0.15) is 0 Å². The number of aromatic amines is 1. The van der Waals surface area contributed by atoms with Crippen LogP contribution >= 0.6 is 0 Å². The zero-order valence-electron chi connectivity index (χ0n) is 10.4. The lowest BCUT2D eigenvalue weighted by molar-refractivity contribution is 0.0954. The number of aromatic nitrogens is 1. The number of H-pyrrole nitrogens is 1. The number of carbonyl (C=O) groups is 1. The molecule has 1 amide bonds. The summed E-state index contributed by atoms with van der Waals surface area (Å²) in [6.07, 6.45) is 6.92. The van der Waals surface area contributed by atoms with Crippen molar-refractivity contribution in [1.29, 1.82) is 0 Å². The fraction of sp³-hybridized carbons (Fsp3) is 0.400. The molecule has 1 fully saturated rings. The van der Waals surface area contributed by atoms with Crippen LogP contribution in [0.3, 0.4) is 0 Å². The van der Waals surface area contributed by atoms with Crippen LogP contribution in [0.4, 0.5) is 0 Å². The second kappa shape index (κ2) is 4.84. The smallest absolute Gasteiger partial charge is 0.253 e. The number of rotatable bonds is 5. The van der Waals surface area contributed by atoms with Crippen LogP contribution < -0.4 is 5.32 Å². The van der Waals surface area contributed by atoms with E-state index >= 15 is 0 Å². The van der Waals surface area contributed by atoms with Gasteiger partial charge in [-0.05, 0) is 24.8 Å². The Morgan fingerprint density at radius 2 is 2.17 bits per heavy atom. The third-order valence-corrected chi connectivity index (χ3v) is 3.61. The van der Waals surface area contributed by atoms with Crippen LogP contribution in [0.1, 0.15) is 36.0 Å². The summed E-state index contributed by atoms with van der Waals surface area (Å²) in [7, 11) is 0. The predicted molar refractivity (Wildman–Crippen MR) is 72.6 cm³/mol. The number of benzene rings is 1. The van der Waals surface area contributed by atoms with E-state index in [1.807, 2.05) is 24.3 Å². The van der Waals surface area contributed by atoms with Crippen molar-refractivity contribution in [3.63, 3.8) is 0 Å².